The molecule has 0 heterocycles. The Kier molecular flexibility index (Phi) is 27.6. The lowest BCUT2D eigenvalue weighted by atomic mass is 10.1. The number of rotatable bonds is 28. The predicted molar refractivity (Wildman–Crippen MR) is 162 cm³/mol. The Morgan fingerprint density at radius 2 is 0.600 bits per heavy atom. The van der Waals surface area contributed by atoms with Gasteiger partial charge < -0.3 is 4.48 Å². The van der Waals surface area contributed by atoms with Crippen LogP contribution in [-0.4, -0.2) is 31.7 Å². The van der Waals surface area contributed by atoms with E-state index in [2.05, 4.69) is 52.2 Å². The summed E-state index contributed by atoms with van der Waals surface area (Å²) in [5, 5.41) is 0. The van der Waals surface area contributed by atoms with Crippen LogP contribution in [0.25, 0.3) is 0 Å². The number of allylic oxidation sites excluding steroid dienone is 4. The maximum absolute atomic E-state index is 2.44. The van der Waals surface area contributed by atoms with Crippen LogP contribution in [-0.2, 0) is 0 Å². The summed E-state index contributed by atoms with van der Waals surface area (Å²) in [6, 6.07) is 0. The quantitative estimate of drug-likeness (QED) is 0.0581. The Morgan fingerprint density at radius 1 is 0.343 bits per heavy atom. The molecule has 0 amide bonds. The van der Waals surface area contributed by atoms with Gasteiger partial charge in [-0.15, -0.1) is 0 Å². The first-order chi connectivity index (χ1) is 17.1. The molecule has 0 N–H and O–H groups in total. The first kappa shape index (κ1) is 34.4. The van der Waals surface area contributed by atoms with Crippen molar-refractivity contribution in [2.75, 3.05) is 27.2 Å². The second kappa shape index (κ2) is 28.0. The molecule has 0 saturated heterocycles. The van der Waals surface area contributed by atoms with E-state index in [1.807, 2.05) is 0 Å². The minimum absolute atomic E-state index is 1.18. The van der Waals surface area contributed by atoms with Gasteiger partial charge in [0.15, 0.2) is 0 Å². The van der Waals surface area contributed by atoms with Gasteiger partial charge in [-0.2, -0.15) is 0 Å². The second-order valence-electron chi connectivity index (χ2n) is 11.8. The summed E-state index contributed by atoms with van der Waals surface area (Å²) in [6.07, 6.45) is 43.3. The molecule has 0 fully saturated rings. The minimum Gasteiger partial charge on any atom is -0.328 e. The largest absolute Gasteiger partial charge is 0.328 e. The molecule has 0 aliphatic heterocycles. The van der Waals surface area contributed by atoms with Crippen LogP contribution in [0.4, 0.5) is 0 Å². The van der Waals surface area contributed by atoms with E-state index < -0.39 is 0 Å². The number of hydrogen-bond acceptors (Lipinski definition) is 0. The van der Waals surface area contributed by atoms with Gasteiger partial charge in [-0.3, -0.25) is 0 Å². The van der Waals surface area contributed by atoms with Gasteiger partial charge in [0.25, 0.3) is 0 Å². The van der Waals surface area contributed by atoms with Gasteiger partial charge in [-0.05, 0) is 51.4 Å². The average molecular weight is 491 g/mol. The summed E-state index contributed by atoms with van der Waals surface area (Å²) >= 11 is 0. The van der Waals surface area contributed by atoms with E-state index in [9.17, 15) is 0 Å². The fourth-order valence-electron chi connectivity index (χ4n) is 5.00. The highest BCUT2D eigenvalue weighted by Gasteiger charge is 2.12. The summed E-state index contributed by atoms with van der Waals surface area (Å²) < 4.78 is 1.18. The van der Waals surface area contributed by atoms with Crippen LogP contribution in [0, 0.1) is 0 Å². The number of quaternary nitrogens is 1. The van der Waals surface area contributed by atoms with Crippen LogP contribution in [0.5, 0.6) is 0 Å². The number of unbranched alkanes of at least 4 members (excludes halogenated alkanes) is 20. The molecule has 0 aromatic rings. The van der Waals surface area contributed by atoms with Gasteiger partial charge in [0.1, 0.15) is 0 Å². The van der Waals surface area contributed by atoms with E-state index in [1.54, 1.807) is 0 Å². The van der Waals surface area contributed by atoms with Crippen molar-refractivity contribution in [2.24, 2.45) is 0 Å². The van der Waals surface area contributed by atoms with E-state index >= 15 is 0 Å². The molecule has 1 heteroatoms. The molecule has 0 radical (unpaired) electrons. The van der Waals surface area contributed by atoms with Crippen LogP contribution in [0.15, 0.2) is 24.3 Å². The zero-order valence-corrected chi connectivity index (χ0v) is 25.1. The van der Waals surface area contributed by atoms with E-state index in [-0.39, 0.29) is 0 Å². The third-order valence-electron chi connectivity index (χ3n) is 7.55. The molecule has 208 valence electrons. The summed E-state index contributed by atoms with van der Waals surface area (Å²) in [7, 11) is 4.83. The molecule has 0 aromatic carbocycles. The molecule has 0 bridgehead atoms. The highest BCUT2D eigenvalue weighted by molar-refractivity contribution is 4.82. The molecule has 0 rings (SSSR count). The molecule has 0 saturated carbocycles. The Labute approximate surface area is 223 Å². The summed E-state index contributed by atoms with van der Waals surface area (Å²) in [5.41, 5.74) is 0. The molecule has 0 aliphatic rings. The summed E-state index contributed by atoms with van der Waals surface area (Å²) in [4.78, 5) is 0. The molecule has 1 nitrogen and oxygen atoms in total. The number of hydrogen-bond donors (Lipinski definition) is 0. The Bertz CT molecular complexity index is 408. The predicted octanol–water partition coefficient (Wildman–Crippen LogP) is 11.6. The molecule has 0 unspecified atom stereocenters. The Hall–Kier alpha value is -0.560. The number of nitrogens with zero attached hydrogens (tertiary/aromatic N) is 1. The lowest BCUT2D eigenvalue weighted by Gasteiger charge is -2.29. The Morgan fingerprint density at radius 3 is 0.914 bits per heavy atom. The lowest BCUT2D eigenvalue weighted by molar-refractivity contribution is -0.890. The van der Waals surface area contributed by atoms with Crippen molar-refractivity contribution in [1.82, 2.24) is 0 Å². The van der Waals surface area contributed by atoms with Gasteiger partial charge in [-0.1, -0.05) is 141 Å². The standard InChI is InChI=1S/C34H68N/c1-5-7-9-11-13-15-17-19-21-23-25-27-29-31-33-35(3,4)34-32-30-28-26-24-22-20-18-16-14-12-10-8-6-2/h25-28H,5-24,29-34H2,1-4H3/q+1. The van der Waals surface area contributed by atoms with E-state index in [0.29, 0.717) is 0 Å². The molecule has 0 aromatic heterocycles. The van der Waals surface area contributed by atoms with Crippen LogP contribution in [0.3, 0.4) is 0 Å². The Balaban J connectivity index is 3.43. The van der Waals surface area contributed by atoms with Gasteiger partial charge in [0, 0.05) is 0 Å². The summed E-state index contributed by atoms with van der Waals surface area (Å²) in [6.45, 7) is 7.22. The van der Waals surface area contributed by atoms with Gasteiger partial charge in [0.05, 0.1) is 27.2 Å². The van der Waals surface area contributed by atoms with Crippen molar-refractivity contribution < 1.29 is 4.48 Å². The molecule has 0 atom stereocenters. The van der Waals surface area contributed by atoms with E-state index in [0.717, 1.165) is 0 Å². The van der Waals surface area contributed by atoms with Crippen molar-refractivity contribution in [2.45, 2.75) is 168 Å². The van der Waals surface area contributed by atoms with Crippen LogP contribution in [0.1, 0.15) is 168 Å². The zero-order chi connectivity index (χ0) is 25.7. The SMILES string of the molecule is CCCCCCCCCCCC=CCCC[N+](C)(C)CCCC=CCCCCCCCCCCC. The molecule has 35 heavy (non-hydrogen) atoms. The van der Waals surface area contributed by atoms with E-state index in [1.165, 1.54) is 172 Å². The van der Waals surface area contributed by atoms with Crippen LogP contribution < -0.4 is 0 Å². The van der Waals surface area contributed by atoms with Crippen LogP contribution in [0.2, 0.25) is 0 Å². The van der Waals surface area contributed by atoms with Crippen LogP contribution >= 0.6 is 0 Å². The lowest BCUT2D eigenvalue weighted by Crippen LogP contribution is -2.41. The topological polar surface area (TPSA) is 0 Å². The highest BCUT2D eigenvalue weighted by Crippen LogP contribution is 2.12. The average Bonchev–Trinajstić information content (AvgIpc) is 2.84. The fraction of sp³-hybridized carbons (Fsp3) is 0.882. The highest BCUT2D eigenvalue weighted by atomic mass is 15.3. The smallest absolute Gasteiger partial charge is 0.0785 e. The van der Waals surface area contributed by atoms with Crippen molar-refractivity contribution in [3.63, 3.8) is 0 Å². The van der Waals surface area contributed by atoms with Crippen molar-refractivity contribution in [1.29, 1.82) is 0 Å². The van der Waals surface area contributed by atoms with Gasteiger partial charge >= 0.3 is 0 Å². The maximum Gasteiger partial charge on any atom is 0.0785 e. The molecular formula is C34H68N+. The second-order valence-corrected chi connectivity index (χ2v) is 11.8. The monoisotopic (exact) mass is 491 g/mol. The van der Waals surface area contributed by atoms with E-state index in [4.69, 9.17) is 0 Å². The molecule has 0 spiro atoms. The van der Waals surface area contributed by atoms with Gasteiger partial charge in [0.2, 0.25) is 0 Å². The molecule has 0 aliphatic carbocycles. The molecular weight excluding hydrogens is 422 g/mol. The van der Waals surface area contributed by atoms with Gasteiger partial charge in [-0.25, -0.2) is 0 Å². The van der Waals surface area contributed by atoms with Crippen molar-refractivity contribution in [3.05, 3.63) is 24.3 Å². The van der Waals surface area contributed by atoms with Crippen molar-refractivity contribution >= 4 is 0 Å². The van der Waals surface area contributed by atoms with Crippen molar-refractivity contribution in [3.8, 4) is 0 Å². The normalized spacial score (nSPS) is 12.5. The maximum atomic E-state index is 2.44. The minimum atomic E-state index is 1.18. The fourth-order valence-corrected chi connectivity index (χ4v) is 5.00. The first-order valence-corrected chi connectivity index (χ1v) is 16.2. The summed E-state index contributed by atoms with van der Waals surface area (Å²) in [5.74, 6) is 0. The zero-order valence-electron chi connectivity index (χ0n) is 25.1. The first-order valence-electron chi connectivity index (χ1n) is 16.2. The third-order valence-corrected chi connectivity index (χ3v) is 7.55. The third kappa shape index (κ3) is 29.6.